The van der Waals surface area contributed by atoms with E-state index in [1.165, 1.54) is 0 Å². The van der Waals surface area contributed by atoms with Gasteiger partial charge in [0.05, 0.1) is 17.1 Å². The maximum Gasteiger partial charge on any atom is 0.162 e. The van der Waals surface area contributed by atoms with Crippen LogP contribution in [0.2, 0.25) is 0 Å². The lowest BCUT2D eigenvalue weighted by Crippen LogP contribution is -2.15. The number of H-pyrrole nitrogens is 1. The van der Waals surface area contributed by atoms with Gasteiger partial charge < -0.3 is 4.98 Å². The molecule has 0 radical (unpaired) electrons. The summed E-state index contributed by atoms with van der Waals surface area (Å²) in [6.45, 7) is 0. The van der Waals surface area contributed by atoms with Crippen molar-refractivity contribution >= 4 is 27.6 Å². The van der Waals surface area contributed by atoms with E-state index in [-0.39, 0.29) is 12.2 Å². The average Bonchev–Trinajstić information content (AvgIpc) is 3.06. The van der Waals surface area contributed by atoms with Crippen LogP contribution < -0.4 is 0 Å². The molecule has 3 aromatic carbocycles. The van der Waals surface area contributed by atoms with Crippen LogP contribution >= 0.6 is 0 Å². The minimum atomic E-state index is -0.897. The fourth-order valence-electron chi connectivity index (χ4n) is 3.13. The van der Waals surface area contributed by atoms with Crippen LogP contribution in [0.4, 0.5) is 0 Å². The Morgan fingerprint density at radius 3 is 2.64 bits per heavy atom. The molecule has 0 bridgehead atoms. The number of Topliss-reactive ketones (excluding diaryl/α,β-unsaturated/α-hetero) is 1. The zero-order chi connectivity index (χ0) is 17.2. The molecule has 0 aliphatic rings. The summed E-state index contributed by atoms with van der Waals surface area (Å²) < 4.78 is 0. The van der Waals surface area contributed by atoms with Crippen molar-refractivity contribution in [3.05, 3.63) is 78.1 Å². The fourth-order valence-corrected chi connectivity index (χ4v) is 3.13. The second kappa shape index (κ2) is 6.21. The number of carbonyl (C=O) groups is 1. The second-order valence-corrected chi connectivity index (χ2v) is 5.98. The Hall–Kier alpha value is -3.45. The number of para-hydroxylation sites is 2. The van der Waals surface area contributed by atoms with Crippen LogP contribution in [0.3, 0.4) is 0 Å². The molecule has 0 amide bonds. The number of nitriles is 1. The number of imidazole rings is 1. The monoisotopic (exact) mass is 325 g/mol. The molecule has 120 valence electrons. The number of aromatic nitrogens is 2. The Balaban J connectivity index is 1.67. The summed E-state index contributed by atoms with van der Waals surface area (Å²) in [5, 5.41) is 11.7. The van der Waals surface area contributed by atoms with Gasteiger partial charge in [-0.25, -0.2) is 4.98 Å². The SMILES string of the molecule is N#C[C@@H](C(=O)Cc1cccc2ccccc12)c1nc2ccccc2[nH]1. The van der Waals surface area contributed by atoms with Crippen LogP contribution in [0.1, 0.15) is 17.3 Å². The minimum absolute atomic E-state index is 0.155. The topological polar surface area (TPSA) is 69.5 Å². The number of ketones is 1. The predicted molar refractivity (Wildman–Crippen MR) is 97.1 cm³/mol. The number of fused-ring (bicyclic) bond motifs is 2. The number of nitrogens with one attached hydrogen (secondary N) is 1. The molecule has 0 aliphatic carbocycles. The van der Waals surface area contributed by atoms with Gasteiger partial charge >= 0.3 is 0 Å². The van der Waals surface area contributed by atoms with E-state index >= 15 is 0 Å². The van der Waals surface area contributed by atoms with Gasteiger partial charge in [0.25, 0.3) is 0 Å². The van der Waals surface area contributed by atoms with Gasteiger partial charge in [0.15, 0.2) is 11.7 Å². The molecule has 1 aromatic heterocycles. The highest BCUT2D eigenvalue weighted by Crippen LogP contribution is 2.23. The summed E-state index contributed by atoms with van der Waals surface area (Å²) in [6.07, 6.45) is 0.205. The summed E-state index contributed by atoms with van der Waals surface area (Å²) in [6, 6.07) is 23.5. The summed E-state index contributed by atoms with van der Waals surface area (Å²) in [4.78, 5) is 20.3. The molecule has 1 heterocycles. The van der Waals surface area contributed by atoms with Crippen LogP contribution in [-0.4, -0.2) is 15.8 Å². The Bertz CT molecular complexity index is 1080. The fraction of sp³-hybridized carbons (Fsp3) is 0.0952. The van der Waals surface area contributed by atoms with E-state index in [9.17, 15) is 10.1 Å². The molecule has 0 unspecified atom stereocenters. The molecule has 1 atom stereocenters. The molecule has 0 spiro atoms. The Labute approximate surface area is 144 Å². The van der Waals surface area contributed by atoms with Crippen LogP contribution in [0.25, 0.3) is 21.8 Å². The van der Waals surface area contributed by atoms with Gasteiger partial charge in [0.1, 0.15) is 5.82 Å². The van der Waals surface area contributed by atoms with Gasteiger partial charge in [-0.2, -0.15) is 5.26 Å². The summed E-state index contributed by atoms with van der Waals surface area (Å²) in [5.74, 6) is -0.641. The number of nitrogens with zero attached hydrogens (tertiary/aromatic N) is 2. The van der Waals surface area contributed by atoms with E-state index < -0.39 is 5.92 Å². The third-order valence-electron chi connectivity index (χ3n) is 4.38. The van der Waals surface area contributed by atoms with E-state index in [0.29, 0.717) is 5.82 Å². The molecular weight excluding hydrogens is 310 g/mol. The Kier molecular flexibility index (Phi) is 3.75. The van der Waals surface area contributed by atoms with Crippen LogP contribution in [0.5, 0.6) is 0 Å². The molecule has 4 aromatic rings. The van der Waals surface area contributed by atoms with Gasteiger partial charge in [-0.15, -0.1) is 0 Å². The third kappa shape index (κ3) is 2.77. The van der Waals surface area contributed by atoms with E-state index in [1.807, 2.05) is 66.7 Å². The Morgan fingerprint density at radius 2 is 1.80 bits per heavy atom. The van der Waals surface area contributed by atoms with Crippen molar-refractivity contribution in [1.82, 2.24) is 9.97 Å². The number of hydrogen-bond donors (Lipinski definition) is 1. The van der Waals surface area contributed by atoms with E-state index in [2.05, 4.69) is 16.0 Å². The lowest BCUT2D eigenvalue weighted by Gasteiger charge is -2.08. The van der Waals surface area contributed by atoms with Gasteiger partial charge in [-0.05, 0) is 28.5 Å². The van der Waals surface area contributed by atoms with Crippen LogP contribution in [0, 0.1) is 11.3 Å². The van der Waals surface area contributed by atoms with Gasteiger partial charge in [0, 0.05) is 6.42 Å². The zero-order valence-corrected chi connectivity index (χ0v) is 13.4. The smallest absolute Gasteiger partial charge is 0.162 e. The van der Waals surface area contributed by atoms with Crippen molar-refractivity contribution in [2.24, 2.45) is 0 Å². The van der Waals surface area contributed by atoms with Crippen molar-refractivity contribution in [3.63, 3.8) is 0 Å². The molecule has 0 aliphatic heterocycles. The molecular formula is C21H15N3O. The number of benzene rings is 3. The number of hydrogen-bond acceptors (Lipinski definition) is 3. The maximum atomic E-state index is 12.8. The molecule has 0 saturated heterocycles. The standard InChI is InChI=1S/C21H15N3O/c22-13-17(21-23-18-10-3-4-11-19(18)24-21)20(25)12-15-8-5-7-14-6-1-2-9-16(14)15/h1-11,17H,12H2,(H,23,24)/t17-/m0/s1. The van der Waals surface area contributed by atoms with Crippen molar-refractivity contribution in [3.8, 4) is 6.07 Å². The first-order chi connectivity index (χ1) is 12.3. The summed E-state index contributed by atoms with van der Waals surface area (Å²) in [5.41, 5.74) is 2.52. The first-order valence-corrected chi connectivity index (χ1v) is 8.10. The first kappa shape index (κ1) is 15.1. The lowest BCUT2D eigenvalue weighted by atomic mass is 9.95. The third-order valence-corrected chi connectivity index (χ3v) is 4.38. The molecule has 25 heavy (non-hydrogen) atoms. The first-order valence-electron chi connectivity index (χ1n) is 8.10. The van der Waals surface area contributed by atoms with Gasteiger partial charge in [0.2, 0.25) is 0 Å². The van der Waals surface area contributed by atoms with Crippen LogP contribution in [0.15, 0.2) is 66.7 Å². The molecule has 1 N–H and O–H groups in total. The van der Waals surface area contributed by atoms with Crippen molar-refractivity contribution in [2.45, 2.75) is 12.3 Å². The van der Waals surface area contributed by atoms with Crippen molar-refractivity contribution < 1.29 is 4.79 Å². The summed E-state index contributed by atoms with van der Waals surface area (Å²) in [7, 11) is 0. The summed E-state index contributed by atoms with van der Waals surface area (Å²) >= 11 is 0. The van der Waals surface area contributed by atoms with E-state index in [0.717, 1.165) is 27.4 Å². The van der Waals surface area contributed by atoms with Crippen molar-refractivity contribution in [1.29, 1.82) is 5.26 Å². The molecule has 4 nitrogen and oxygen atoms in total. The highest BCUT2D eigenvalue weighted by atomic mass is 16.1. The van der Waals surface area contributed by atoms with E-state index in [4.69, 9.17) is 0 Å². The highest BCUT2D eigenvalue weighted by molar-refractivity contribution is 5.95. The van der Waals surface area contributed by atoms with Crippen LogP contribution in [-0.2, 0) is 11.2 Å². The zero-order valence-electron chi connectivity index (χ0n) is 13.4. The normalized spacial score (nSPS) is 12.1. The van der Waals surface area contributed by atoms with Gasteiger partial charge in [-0.3, -0.25) is 4.79 Å². The molecule has 4 heteroatoms. The maximum absolute atomic E-state index is 12.8. The predicted octanol–water partition coefficient (Wildman–Crippen LogP) is 4.14. The lowest BCUT2D eigenvalue weighted by molar-refractivity contribution is -0.118. The van der Waals surface area contributed by atoms with Gasteiger partial charge in [-0.1, -0.05) is 54.6 Å². The second-order valence-electron chi connectivity index (χ2n) is 5.98. The molecule has 0 fully saturated rings. The molecule has 4 rings (SSSR count). The largest absolute Gasteiger partial charge is 0.340 e. The van der Waals surface area contributed by atoms with Crippen molar-refractivity contribution in [2.75, 3.05) is 0 Å². The number of rotatable bonds is 4. The number of carbonyl (C=O) groups excluding carboxylic acids is 1. The number of aromatic amines is 1. The quantitative estimate of drug-likeness (QED) is 0.613. The highest BCUT2D eigenvalue weighted by Gasteiger charge is 2.24. The van der Waals surface area contributed by atoms with E-state index in [1.54, 1.807) is 0 Å². The Morgan fingerprint density at radius 1 is 1.04 bits per heavy atom. The average molecular weight is 325 g/mol. The minimum Gasteiger partial charge on any atom is -0.340 e. The molecule has 0 saturated carbocycles.